The number of nitrogens with zero attached hydrogens (tertiary/aromatic N) is 2. The molecule has 0 atom stereocenters. The summed E-state index contributed by atoms with van der Waals surface area (Å²) < 4.78 is 0. The van der Waals surface area contributed by atoms with Crippen LogP contribution in [-0.2, 0) is 0 Å². The topological polar surface area (TPSA) is 6.48 Å². The Kier molecular flexibility index (Phi) is 8.59. The first kappa shape index (κ1) is 17.5. The zero-order valence-corrected chi connectivity index (χ0v) is 14.8. The second kappa shape index (κ2) is 9.36. The van der Waals surface area contributed by atoms with Crippen LogP contribution in [0.2, 0.25) is 0 Å². The Morgan fingerprint density at radius 2 is 1.42 bits per heavy atom. The quantitative estimate of drug-likeness (QED) is 0.558. The summed E-state index contributed by atoms with van der Waals surface area (Å²) in [4.78, 5) is 5.21. The Morgan fingerprint density at radius 1 is 0.895 bits per heavy atom. The minimum Gasteiger partial charge on any atom is -0.304 e. The standard InChI is InChI=1S/C16H33BrN2/c1-4-18(5-2)12-9-13-19(6-3)15-16(14-17)10-7-8-11-16/h4-15H2,1-3H3. The van der Waals surface area contributed by atoms with Gasteiger partial charge in [-0.2, -0.15) is 0 Å². The van der Waals surface area contributed by atoms with Gasteiger partial charge < -0.3 is 9.80 Å². The molecule has 0 saturated heterocycles. The molecule has 1 aliphatic carbocycles. The zero-order chi connectivity index (χ0) is 14.1. The lowest BCUT2D eigenvalue weighted by molar-refractivity contribution is 0.169. The van der Waals surface area contributed by atoms with Crippen LogP contribution in [0.15, 0.2) is 0 Å². The number of hydrogen-bond acceptors (Lipinski definition) is 2. The summed E-state index contributed by atoms with van der Waals surface area (Å²) in [6, 6.07) is 0. The average molecular weight is 333 g/mol. The average Bonchev–Trinajstić information content (AvgIpc) is 2.91. The van der Waals surface area contributed by atoms with E-state index in [1.165, 1.54) is 76.7 Å². The third kappa shape index (κ3) is 5.73. The third-order valence-corrected chi connectivity index (χ3v) is 5.99. The predicted octanol–water partition coefficient (Wildman–Crippen LogP) is 4.00. The highest BCUT2D eigenvalue weighted by atomic mass is 79.9. The number of alkyl halides is 1. The Hall–Kier alpha value is 0.400. The maximum absolute atomic E-state index is 3.77. The van der Waals surface area contributed by atoms with E-state index in [9.17, 15) is 0 Å². The molecule has 0 heterocycles. The van der Waals surface area contributed by atoms with E-state index < -0.39 is 0 Å². The van der Waals surface area contributed by atoms with Crippen molar-refractivity contribution in [1.82, 2.24) is 9.80 Å². The molecule has 0 aromatic carbocycles. The van der Waals surface area contributed by atoms with Gasteiger partial charge in [-0.05, 0) is 57.4 Å². The van der Waals surface area contributed by atoms with E-state index in [4.69, 9.17) is 0 Å². The van der Waals surface area contributed by atoms with Crippen molar-refractivity contribution in [1.29, 1.82) is 0 Å². The van der Waals surface area contributed by atoms with Crippen LogP contribution < -0.4 is 0 Å². The van der Waals surface area contributed by atoms with Gasteiger partial charge in [-0.1, -0.05) is 49.5 Å². The highest BCUT2D eigenvalue weighted by Gasteiger charge is 2.34. The number of rotatable bonds is 10. The molecule has 0 radical (unpaired) electrons. The SMILES string of the molecule is CCN(CC)CCCN(CC)CC1(CBr)CCCC1. The molecule has 0 bridgehead atoms. The van der Waals surface area contributed by atoms with E-state index >= 15 is 0 Å². The van der Waals surface area contributed by atoms with Gasteiger partial charge in [0.25, 0.3) is 0 Å². The molecule has 114 valence electrons. The molecule has 3 heteroatoms. The van der Waals surface area contributed by atoms with Crippen molar-refractivity contribution < 1.29 is 0 Å². The molecule has 0 spiro atoms. The van der Waals surface area contributed by atoms with E-state index in [0.29, 0.717) is 5.41 Å². The van der Waals surface area contributed by atoms with Crippen molar-refractivity contribution in [3.63, 3.8) is 0 Å². The van der Waals surface area contributed by atoms with Crippen LogP contribution in [0, 0.1) is 5.41 Å². The smallest absolute Gasteiger partial charge is 0.0100 e. The van der Waals surface area contributed by atoms with Crippen molar-refractivity contribution in [3.8, 4) is 0 Å². The fourth-order valence-electron chi connectivity index (χ4n) is 3.34. The number of hydrogen-bond donors (Lipinski definition) is 0. The first-order chi connectivity index (χ1) is 9.19. The molecule has 1 aliphatic rings. The van der Waals surface area contributed by atoms with E-state index in [2.05, 4.69) is 46.5 Å². The Bertz CT molecular complexity index is 223. The van der Waals surface area contributed by atoms with Gasteiger partial charge in [-0.15, -0.1) is 0 Å². The largest absolute Gasteiger partial charge is 0.304 e. The molecule has 0 unspecified atom stereocenters. The lowest BCUT2D eigenvalue weighted by Gasteiger charge is -2.34. The second-order valence-corrected chi connectivity index (χ2v) is 6.65. The minimum atomic E-state index is 0.575. The van der Waals surface area contributed by atoms with Gasteiger partial charge in [0.2, 0.25) is 0 Å². The fourth-order valence-corrected chi connectivity index (χ4v) is 4.08. The van der Waals surface area contributed by atoms with Crippen molar-refractivity contribution in [3.05, 3.63) is 0 Å². The summed E-state index contributed by atoms with van der Waals surface area (Å²) in [5.74, 6) is 0. The van der Waals surface area contributed by atoms with E-state index in [-0.39, 0.29) is 0 Å². The van der Waals surface area contributed by atoms with Crippen LogP contribution in [-0.4, -0.2) is 54.4 Å². The molecule has 0 aliphatic heterocycles. The third-order valence-electron chi connectivity index (χ3n) is 4.80. The zero-order valence-electron chi connectivity index (χ0n) is 13.3. The molecule has 2 nitrogen and oxygen atoms in total. The maximum atomic E-state index is 3.77. The van der Waals surface area contributed by atoms with Crippen LogP contribution in [0.4, 0.5) is 0 Å². The normalized spacial score (nSPS) is 18.6. The second-order valence-electron chi connectivity index (χ2n) is 6.09. The van der Waals surface area contributed by atoms with Crippen LogP contribution >= 0.6 is 15.9 Å². The van der Waals surface area contributed by atoms with Gasteiger partial charge >= 0.3 is 0 Å². The van der Waals surface area contributed by atoms with E-state index in [1.54, 1.807) is 0 Å². The molecule has 0 amide bonds. The molecule has 0 aromatic heterocycles. The first-order valence-corrected chi connectivity index (χ1v) is 9.32. The molecule has 19 heavy (non-hydrogen) atoms. The Labute approximate surface area is 129 Å². The fraction of sp³-hybridized carbons (Fsp3) is 1.00. The predicted molar refractivity (Wildman–Crippen MR) is 89.2 cm³/mol. The summed E-state index contributed by atoms with van der Waals surface area (Å²) in [7, 11) is 0. The first-order valence-electron chi connectivity index (χ1n) is 8.20. The van der Waals surface area contributed by atoms with Crippen molar-refractivity contribution >= 4 is 15.9 Å². The summed E-state index contributed by atoms with van der Waals surface area (Å²) >= 11 is 3.77. The molecule has 0 N–H and O–H groups in total. The van der Waals surface area contributed by atoms with Gasteiger partial charge in [0.05, 0.1) is 0 Å². The summed E-state index contributed by atoms with van der Waals surface area (Å²) in [5.41, 5.74) is 0.575. The van der Waals surface area contributed by atoms with Gasteiger partial charge in [0.15, 0.2) is 0 Å². The molecular weight excluding hydrogens is 300 g/mol. The molecular formula is C16H33BrN2. The summed E-state index contributed by atoms with van der Waals surface area (Å²) in [6.07, 6.45) is 7.02. The van der Waals surface area contributed by atoms with Gasteiger partial charge in [0, 0.05) is 11.9 Å². The Balaban J connectivity index is 2.32. The summed E-state index contributed by atoms with van der Waals surface area (Å²) in [5, 5.41) is 1.19. The van der Waals surface area contributed by atoms with Gasteiger partial charge in [-0.3, -0.25) is 0 Å². The maximum Gasteiger partial charge on any atom is 0.0100 e. The lowest BCUT2D eigenvalue weighted by atomic mass is 9.88. The van der Waals surface area contributed by atoms with Crippen molar-refractivity contribution in [2.75, 3.05) is 44.6 Å². The van der Waals surface area contributed by atoms with Crippen molar-refractivity contribution in [2.24, 2.45) is 5.41 Å². The van der Waals surface area contributed by atoms with E-state index in [1.807, 2.05) is 0 Å². The Morgan fingerprint density at radius 3 is 1.89 bits per heavy atom. The highest BCUT2D eigenvalue weighted by molar-refractivity contribution is 9.09. The van der Waals surface area contributed by atoms with E-state index in [0.717, 1.165) is 0 Å². The van der Waals surface area contributed by atoms with Crippen LogP contribution in [0.5, 0.6) is 0 Å². The van der Waals surface area contributed by atoms with Crippen LogP contribution in [0.3, 0.4) is 0 Å². The lowest BCUT2D eigenvalue weighted by Crippen LogP contribution is -2.39. The molecule has 0 aromatic rings. The molecule has 1 fully saturated rings. The summed E-state index contributed by atoms with van der Waals surface area (Å²) in [6.45, 7) is 14.2. The highest BCUT2D eigenvalue weighted by Crippen LogP contribution is 2.40. The van der Waals surface area contributed by atoms with Gasteiger partial charge in [-0.25, -0.2) is 0 Å². The van der Waals surface area contributed by atoms with Crippen LogP contribution in [0.1, 0.15) is 52.9 Å². The van der Waals surface area contributed by atoms with Crippen LogP contribution in [0.25, 0.3) is 0 Å². The molecule has 1 rings (SSSR count). The molecule has 1 saturated carbocycles. The van der Waals surface area contributed by atoms with Gasteiger partial charge in [0.1, 0.15) is 0 Å². The minimum absolute atomic E-state index is 0.575. The monoisotopic (exact) mass is 332 g/mol. The number of halogens is 1. The van der Waals surface area contributed by atoms with Crippen molar-refractivity contribution in [2.45, 2.75) is 52.9 Å².